The molecule has 17 heavy (non-hydrogen) atoms. The molecule has 0 spiro atoms. The maximum Gasteiger partial charge on any atom is 0.250 e. The number of carbonyl (C=O) groups excluding carboxylic acids is 1. The summed E-state index contributed by atoms with van der Waals surface area (Å²) in [6.07, 6.45) is 0. The Balaban J connectivity index is 2.42. The van der Waals surface area contributed by atoms with Gasteiger partial charge in [0.05, 0.1) is 0 Å². The van der Waals surface area contributed by atoms with Gasteiger partial charge in [0.2, 0.25) is 5.91 Å². The van der Waals surface area contributed by atoms with Crippen molar-refractivity contribution in [2.24, 2.45) is 0 Å². The summed E-state index contributed by atoms with van der Waals surface area (Å²) in [5.41, 5.74) is 2.00. The van der Waals surface area contributed by atoms with Crippen LogP contribution in [-0.2, 0) is 16.1 Å². The minimum Gasteiger partial charge on any atom is -0.372 e. The van der Waals surface area contributed by atoms with Crippen molar-refractivity contribution in [3.63, 3.8) is 0 Å². The number of benzene rings is 1. The summed E-state index contributed by atoms with van der Waals surface area (Å²) in [6.45, 7) is 6.40. The molecule has 1 amide bonds. The molecule has 4 heteroatoms. The molecule has 2 N–H and O–H groups in total. The molecular weight excluding hydrogens is 216 g/mol. The van der Waals surface area contributed by atoms with Crippen molar-refractivity contribution in [2.75, 3.05) is 25.1 Å². The van der Waals surface area contributed by atoms with Gasteiger partial charge in [-0.15, -0.1) is 0 Å². The Labute approximate surface area is 102 Å². The highest BCUT2D eigenvalue weighted by atomic mass is 16.5. The minimum atomic E-state index is -0.119. The number of amides is 1. The number of ether oxygens (including phenoxy) is 1. The number of nitrogens with one attached hydrogen (secondary N) is 2. The molecule has 0 aliphatic heterocycles. The second kappa shape index (κ2) is 7.81. The Hall–Kier alpha value is -1.39. The van der Waals surface area contributed by atoms with E-state index in [9.17, 15) is 4.79 Å². The average molecular weight is 236 g/mol. The van der Waals surface area contributed by atoms with Gasteiger partial charge in [-0.25, -0.2) is 0 Å². The van der Waals surface area contributed by atoms with Crippen molar-refractivity contribution < 1.29 is 9.53 Å². The number of carbonyl (C=O) groups is 1. The maximum atomic E-state index is 11.4. The summed E-state index contributed by atoms with van der Waals surface area (Å²) in [4.78, 5) is 11.4. The van der Waals surface area contributed by atoms with E-state index in [1.54, 1.807) is 0 Å². The lowest BCUT2D eigenvalue weighted by atomic mass is 10.2. The zero-order chi connectivity index (χ0) is 12.5. The molecule has 0 saturated heterocycles. The number of hydrogen-bond donors (Lipinski definition) is 2. The van der Waals surface area contributed by atoms with Crippen LogP contribution in [0, 0.1) is 0 Å². The molecule has 94 valence electrons. The molecule has 0 radical (unpaired) electrons. The summed E-state index contributed by atoms with van der Waals surface area (Å²) in [6, 6.07) is 7.80. The normalized spacial score (nSPS) is 10.2. The van der Waals surface area contributed by atoms with Gasteiger partial charge in [-0.3, -0.25) is 4.79 Å². The first-order valence-corrected chi connectivity index (χ1v) is 5.93. The van der Waals surface area contributed by atoms with Crippen LogP contribution < -0.4 is 10.6 Å². The third-order valence-electron chi connectivity index (χ3n) is 2.25. The molecule has 1 aromatic carbocycles. The van der Waals surface area contributed by atoms with Crippen molar-refractivity contribution in [3.8, 4) is 0 Å². The van der Waals surface area contributed by atoms with E-state index in [4.69, 9.17) is 4.74 Å². The van der Waals surface area contributed by atoms with Gasteiger partial charge in [0, 0.05) is 18.8 Å². The molecule has 0 atom stereocenters. The molecule has 4 nitrogen and oxygen atoms in total. The van der Waals surface area contributed by atoms with Crippen LogP contribution in [0.5, 0.6) is 0 Å². The molecular formula is C13H20N2O2. The maximum absolute atomic E-state index is 11.4. The van der Waals surface area contributed by atoms with E-state index in [1.165, 1.54) is 5.56 Å². The van der Waals surface area contributed by atoms with Gasteiger partial charge in [0.25, 0.3) is 0 Å². The lowest BCUT2D eigenvalue weighted by molar-refractivity contribution is -0.120. The number of rotatable bonds is 7. The first kappa shape index (κ1) is 13.7. The Morgan fingerprint density at radius 3 is 2.53 bits per heavy atom. The van der Waals surface area contributed by atoms with Crippen molar-refractivity contribution in [1.82, 2.24) is 5.32 Å². The van der Waals surface area contributed by atoms with Gasteiger partial charge < -0.3 is 15.4 Å². The third-order valence-corrected chi connectivity index (χ3v) is 2.25. The van der Waals surface area contributed by atoms with Crippen LogP contribution in [0.1, 0.15) is 19.4 Å². The minimum absolute atomic E-state index is 0.107. The smallest absolute Gasteiger partial charge is 0.250 e. The van der Waals surface area contributed by atoms with Gasteiger partial charge in [0.15, 0.2) is 0 Å². The predicted molar refractivity (Wildman–Crippen MR) is 68.9 cm³/mol. The molecule has 0 unspecified atom stereocenters. The third kappa shape index (κ3) is 5.47. The van der Waals surface area contributed by atoms with Gasteiger partial charge in [-0.1, -0.05) is 19.1 Å². The summed E-state index contributed by atoms with van der Waals surface area (Å²) in [5, 5.41) is 6.02. The van der Waals surface area contributed by atoms with Crippen LogP contribution >= 0.6 is 0 Å². The SMILES string of the molecule is CCNCc1ccc(NC(=O)COCC)cc1. The highest BCUT2D eigenvalue weighted by molar-refractivity contribution is 5.91. The van der Waals surface area contributed by atoms with E-state index in [-0.39, 0.29) is 12.5 Å². The lowest BCUT2D eigenvalue weighted by Gasteiger charge is -2.07. The predicted octanol–water partition coefficient (Wildman–Crippen LogP) is 1.77. The molecule has 0 bridgehead atoms. The molecule has 0 fully saturated rings. The molecule has 1 aromatic rings. The zero-order valence-corrected chi connectivity index (χ0v) is 10.5. The van der Waals surface area contributed by atoms with Crippen LogP contribution in [0.2, 0.25) is 0 Å². The molecule has 0 aromatic heterocycles. The number of anilines is 1. The zero-order valence-electron chi connectivity index (χ0n) is 10.5. The fourth-order valence-corrected chi connectivity index (χ4v) is 1.37. The van der Waals surface area contributed by atoms with Crippen molar-refractivity contribution in [2.45, 2.75) is 20.4 Å². The van der Waals surface area contributed by atoms with Crippen LogP contribution in [0.4, 0.5) is 5.69 Å². The van der Waals surface area contributed by atoms with E-state index in [2.05, 4.69) is 17.6 Å². The highest BCUT2D eigenvalue weighted by Gasteiger charge is 2.01. The van der Waals surface area contributed by atoms with Gasteiger partial charge >= 0.3 is 0 Å². The Morgan fingerprint density at radius 1 is 1.24 bits per heavy atom. The molecule has 0 heterocycles. The van der Waals surface area contributed by atoms with Crippen molar-refractivity contribution in [1.29, 1.82) is 0 Å². The summed E-state index contributed by atoms with van der Waals surface area (Å²) in [5.74, 6) is -0.119. The number of hydrogen-bond acceptors (Lipinski definition) is 3. The van der Waals surface area contributed by atoms with Crippen LogP contribution in [0.15, 0.2) is 24.3 Å². The first-order chi connectivity index (χ1) is 8.26. The highest BCUT2D eigenvalue weighted by Crippen LogP contribution is 2.09. The Kier molecular flexibility index (Phi) is 6.29. The van der Waals surface area contributed by atoms with E-state index >= 15 is 0 Å². The fourth-order valence-electron chi connectivity index (χ4n) is 1.37. The molecule has 0 aliphatic carbocycles. The van der Waals surface area contributed by atoms with E-state index in [0.29, 0.717) is 6.61 Å². The lowest BCUT2D eigenvalue weighted by Crippen LogP contribution is -2.18. The molecule has 0 saturated carbocycles. The van der Waals surface area contributed by atoms with Crippen molar-refractivity contribution in [3.05, 3.63) is 29.8 Å². The van der Waals surface area contributed by atoms with Crippen LogP contribution in [0.25, 0.3) is 0 Å². The van der Waals surface area contributed by atoms with Crippen molar-refractivity contribution >= 4 is 11.6 Å². The Morgan fingerprint density at radius 2 is 1.94 bits per heavy atom. The second-order valence-electron chi connectivity index (χ2n) is 3.66. The largest absolute Gasteiger partial charge is 0.372 e. The Bertz CT molecular complexity index is 336. The fraction of sp³-hybridized carbons (Fsp3) is 0.462. The molecule has 1 rings (SSSR count). The van der Waals surface area contributed by atoms with Crippen LogP contribution in [-0.4, -0.2) is 25.7 Å². The topological polar surface area (TPSA) is 50.4 Å². The van der Waals surface area contributed by atoms with Gasteiger partial charge in [0.1, 0.15) is 6.61 Å². The van der Waals surface area contributed by atoms with E-state index in [0.717, 1.165) is 18.8 Å². The molecule has 0 aliphatic rings. The summed E-state index contributed by atoms with van der Waals surface area (Å²) >= 11 is 0. The second-order valence-corrected chi connectivity index (χ2v) is 3.66. The average Bonchev–Trinajstić information content (AvgIpc) is 2.35. The van der Waals surface area contributed by atoms with E-state index in [1.807, 2.05) is 31.2 Å². The van der Waals surface area contributed by atoms with E-state index < -0.39 is 0 Å². The quantitative estimate of drug-likeness (QED) is 0.758. The standard InChI is InChI=1S/C13H20N2O2/c1-3-14-9-11-5-7-12(8-6-11)15-13(16)10-17-4-2/h5-8,14H,3-4,9-10H2,1-2H3,(H,15,16). The van der Waals surface area contributed by atoms with Crippen LogP contribution in [0.3, 0.4) is 0 Å². The first-order valence-electron chi connectivity index (χ1n) is 5.93. The summed E-state index contributed by atoms with van der Waals surface area (Å²) in [7, 11) is 0. The summed E-state index contributed by atoms with van der Waals surface area (Å²) < 4.78 is 5.02. The van der Waals surface area contributed by atoms with Gasteiger partial charge in [-0.05, 0) is 31.2 Å². The monoisotopic (exact) mass is 236 g/mol. The van der Waals surface area contributed by atoms with Gasteiger partial charge in [-0.2, -0.15) is 0 Å².